The molecule has 20 heavy (non-hydrogen) atoms. The van der Waals surface area contributed by atoms with E-state index in [1.165, 1.54) is 0 Å². The van der Waals surface area contributed by atoms with Crippen LogP contribution in [0.4, 0.5) is 0 Å². The largest absolute Gasteiger partial charge is 0.372 e. The standard InChI is InChI=1S/C15H26N2O3/c1-4-13-7-5-6-8-17(13)15(19)14(18)16-9-11(2)20-12(3)10-16/h11-13H,4-10H2,1-3H3. The molecule has 3 atom stereocenters. The van der Waals surface area contributed by atoms with Gasteiger partial charge in [-0.05, 0) is 39.5 Å². The molecule has 0 bridgehead atoms. The van der Waals surface area contributed by atoms with Gasteiger partial charge in [-0.1, -0.05) is 6.92 Å². The van der Waals surface area contributed by atoms with Crippen LogP contribution in [0.25, 0.3) is 0 Å². The summed E-state index contributed by atoms with van der Waals surface area (Å²) in [6.07, 6.45) is 4.10. The Morgan fingerprint density at radius 2 is 1.75 bits per heavy atom. The lowest BCUT2D eigenvalue weighted by molar-refractivity contribution is -0.160. The van der Waals surface area contributed by atoms with Crippen molar-refractivity contribution in [1.29, 1.82) is 0 Å². The second kappa shape index (κ2) is 6.57. The van der Waals surface area contributed by atoms with Crippen LogP contribution in [0.15, 0.2) is 0 Å². The van der Waals surface area contributed by atoms with Gasteiger partial charge >= 0.3 is 11.8 Å². The van der Waals surface area contributed by atoms with Crippen molar-refractivity contribution in [2.24, 2.45) is 0 Å². The van der Waals surface area contributed by atoms with Crippen molar-refractivity contribution in [3.8, 4) is 0 Å². The molecule has 2 aliphatic rings. The van der Waals surface area contributed by atoms with Crippen LogP contribution in [0.3, 0.4) is 0 Å². The quantitative estimate of drug-likeness (QED) is 0.683. The first kappa shape index (κ1) is 15.3. The molecule has 0 aromatic rings. The van der Waals surface area contributed by atoms with Gasteiger partial charge < -0.3 is 14.5 Å². The summed E-state index contributed by atoms with van der Waals surface area (Å²) in [6.45, 7) is 7.71. The molecule has 0 aromatic carbocycles. The average molecular weight is 282 g/mol. The topological polar surface area (TPSA) is 49.9 Å². The summed E-state index contributed by atoms with van der Waals surface area (Å²) in [4.78, 5) is 28.3. The summed E-state index contributed by atoms with van der Waals surface area (Å²) in [5.74, 6) is -0.676. The lowest BCUT2D eigenvalue weighted by Gasteiger charge is -2.38. The van der Waals surface area contributed by atoms with Gasteiger partial charge in [0.15, 0.2) is 0 Å². The molecule has 0 radical (unpaired) electrons. The van der Waals surface area contributed by atoms with Gasteiger partial charge in [0.25, 0.3) is 0 Å². The number of hydrogen-bond donors (Lipinski definition) is 0. The van der Waals surface area contributed by atoms with Gasteiger partial charge in [0, 0.05) is 25.7 Å². The molecule has 2 aliphatic heterocycles. The molecule has 3 unspecified atom stereocenters. The van der Waals surface area contributed by atoms with Crippen LogP contribution in [0.2, 0.25) is 0 Å². The Morgan fingerprint density at radius 3 is 2.35 bits per heavy atom. The van der Waals surface area contributed by atoms with Gasteiger partial charge in [0.2, 0.25) is 0 Å². The van der Waals surface area contributed by atoms with Gasteiger partial charge in [0.05, 0.1) is 12.2 Å². The number of carbonyl (C=O) groups excluding carboxylic acids is 2. The maximum atomic E-state index is 12.5. The molecule has 5 heteroatoms. The van der Waals surface area contributed by atoms with Gasteiger partial charge in [0.1, 0.15) is 0 Å². The smallest absolute Gasteiger partial charge is 0.312 e. The number of ether oxygens (including phenoxy) is 1. The molecule has 0 N–H and O–H groups in total. The van der Waals surface area contributed by atoms with E-state index in [4.69, 9.17) is 4.74 Å². The highest BCUT2D eigenvalue weighted by atomic mass is 16.5. The van der Waals surface area contributed by atoms with Crippen molar-refractivity contribution in [2.75, 3.05) is 19.6 Å². The molecule has 114 valence electrons. The summed E-state index contributed by atoms with van der Waals surface area (Å²) >= 11 is 0. The van der Waals surface area contributed by atoms with E-state index in [9.17, 15) is 9.59 Å². The predicted molar refractivity (Wildman–Crippen MR) is 76.2 cm³/mol. The zero-order valence-corrected chi connectivity index (χ0v) is 12.8. The van der Waals surface area contributed by atoms with Gasteiger partial charge in [-0.25, -0.2) is 0 Å². The number of rotatable bonds is 1. The van der Waals surface area contributed by atoms with E-state index in [0.29, 0.717) is 13.1 Å². The second-order valence-corrected chi connectivity index (χ2v) is 6.02. The fraction of sp³-hybridized carbons (Fsp3) is 0.867. The monoisotopic (exact) mass is 282 g/mol. The molecule has 0 spiro atoms. The van der Waals surface area contributed by atoms with E-state index in [1.54, 1.807) is 9.80 Å². The molecule has 2 saturated heterocycles. The van der Waals surface area contributed by atoms with Crippen molar-refractivity contribution in [3.05, 3.63) is 0 Å². The molecule has 0 aliphatic carbocycles. The van der Waals surface area contributed by atoms with E-state index >= 15 is 0 Å². The Hall–Kier alpha value is -1.10. The summed E-state index contributed by atoms with van der Waals surface area (Å²) in [7, 11) is 0. The summed E-state index contributed by atoms with van der Waals surface area (Å²) < 4.78 is 5.62. The maximum absolute atomic E-state index is 12.5. The van der Waals surface area contributed by atoms with Crippen molar-refractivity contribution in [3.63, 3.8) is 0 Å². The third-order valence-electron chi connectivity index (χ3n) is 4.25. The number of hydrogen-bond acceptors (Lipinski definition) is 3. The molecular weight excluding hydrogens is 256 g/mol. The van der Waals surface area contributed by atoms with Crippen molar-refractivity contribution in [2.45, 2.75) is 64.7 Å². The molecule has 2 heterocycles. The molecule has 2 fully saturated rings. The van der Waals surface area contributed by atoms with Crippen LogP contribution in [-0.4, -0.2) is 59.5 Å². The first-order chi connectivity index (χ1) is 9.52. The minimum absolute atomic E-state index is 0.00109. The average Bonchev–Trinajstić information content (AvgIpc) is 2.44. The van der Waals surface area contributed by atoms with Crippen LogP contribution < -0.4 is 0 Å². The second-order valence-electron chi connectivity index (χ2n) is 6.02. The number of piperidine rings is 1. The normalized spacial score (nSPS) is 31.2. The predicted octanol–water partition coefficient (Wildman–Crippen LogP) is 1.41. The Balaban J connectivity index is 2.02. The number of likely N-dealkylation sites (tertiary alicyclic amines) is 1. The van der Waals surface area contributed by atoms with Gasteiger partial charge in [-0.3, -0.25) is 9.59 Å². The van der Waals surface area contributed by atoms with Crippen LogP contribution in [-0.2, 0) is 14.3 Å². The van der Waals surface area contributed by atoms with Crippen molar-refractivity contribution in [1.82, 2.24) is 9.80 Å². The third-order valence-corrected chi connectivity index (χ3v) is 4.25. The first-order valence-electron chi connectivity index (χ1n) is 7.78. The number of nitrogens with zero attached hydrogens (tertiary/aromatic N) is 2. The molecule has 0 saturated carbocycles. The SMILES string of the molecule is CCC1CCCCN1C(=O)C(=O)N1CC(C)OC(C)C1. The third kappa shape index (κ3) is 3.32. The van der Waals surface area contributed by atoms with E-state index in [1.807, 2.05) is 13.8 Å². The fourth-order valence-corrected chi connectivity index (χ4v) is 3.29. The van der Waals surface area contributed by atoms with E-state index in [0.717, 1.165) is 32.2 Å². The van der Waals surface area contributed by atoms with Crippen LogP contribution >= 0.6 is 0 Å². The van der Waals surface area contributed by atoms with Gasteiger partial charge in [-0.2, -0.15) is 0 Å². The molecule has 2 rings (SSSR count). The van der Waals surface area contributed by atoms with Crippen LogP contribution in [0, 0.1) is 0 Å². The van der Waals surface area contributed by atoms with E-state index in [-0.39, 0.29) is 30.1 Å². The molecule has 0 aromatic heterocycles. The van der Waals surface area contributed by atoms with Crippen molar-refractivity contribution < 1.29 is 14.3 Å². The summed E-state index contributed by atoms with van der Waals surface area (Å²) in [5.41, 5.74) is 0. The number of amides is 2. The van der Waals surface area contributed by atoms with Crippen LogP contribution in [0.5, 0.6) is 0 Å². The Labute approximate surface area is 121 Å². The molecule has 5 nitrogen and oxygen atoms in total. The lowest BCUT2D eigenvalue weighted by Crippen LogP contribution is -2.55. The summed E-state index contributed by atoms with van der Waals surface area (Å²) in [5, 5.41) is 0. The van der Waals surface area contributed by atoms with Crippen molar-refractivity contribution >= 4 is 11.8 Å². The highest BCUT2D eigenvalue weighted by Gasteiger charge is 2.35. The maximum Gasteiger partial charge on any atom is 0.312 e. The molecule has 2 amide bonds. The Morgan fingerprint density at radius 1 is 1.10 bits per heavy atom. The fourth-order valence-electron chi connectivity index (χ4n) is 3.29. The van der Waals surface area contributed by atoms with Gasteiger partial charge in [-0.15, -0.1) is 0 Å². The zero-order valence-electron chi connectivity index (χ0n) is 12.8. The Bertz CT molecular complexity index is 362. The van der Waals surface area contributed by atoms with E-state index in [2.05, 4.69) is 6.92 Å². The van der Waals surface area contributed by atoms with E-state index < -0.39 is 0 Å². The minimum Gasteiger partial charge on any atom is -0.372 e. The zero-order chi connectivity index (χ0) is 14.7. The Kier molecular flexibility index (Phi) is 5.02. The molecular formula is C15H26N2O3. The number of morpholine rings is 1. The van der Waals surface area contributed by atoms with Crippen LogP contribution in [0.1, 0.15) is 46.5 Å². The summed E-state index contributed by atoms with van der Waals surface area (Å²) in [6, 6.07) is 0.232. The lowest BCUT2D eigenvalue weighted by atomic mass is 10.00. The highest BCUT2D eigenvalue weighted by Crippen LogP contribution is 2.20. The first-order valence-corrected chi connectivity index (χ1v) is 7.78. The number of carbonyl (C=O) groups is 2. The highest BCUT2D eigenvalue weighted by molar-refractivity contribution is 6.35. The minimum atomic E-state index is -0.354.